The molecule has 0 saturated carbocycles. The summed E-state index contributed by atoms with van der Waals surface area (Å²) in [4.78, 5) is 18.6. The second-order valence-corrected chi connectivity index (χ2v) is 5.92. The first-order valence-electron chi connectivity index (χ1n) is 8.36. The van der Waals surface area contributed by atoms with E-state index >= 15 is 0 Å². The zero-order valence-corrected chi connectivity index (χ0v) is 14.4. The van der Waals surface area contributed by atoms with Gasteiger partial charge in [0.2, 0.25) is 0 Å². The summed E-state index contributed by atoms with van der Waals surface area (Å²) < 4.78 is 28.0. The SMILES string of the molecule is CCN(Cc1nccn1Cc1ccc(F)cc1)C(=O)c1ccc(F)cc1. The minimum absolute atomic E-state index is 0.177. The first-order chi connectivity index (χ1) is 12.6. The van der Waals surface area contributed by atoms with Crippen LogP contribution in [-0.2, 0) is 13.1 Å². The second-order valence-electron chi connectivity index (χ2n) is 5.92. The standard InChI is InChI=1S/C20H19F2N3O/c1-2-24(20(26)16-5-9-18(22)10-6-16)14-19-23-11-12-25(19)13-15-3-7-17(21)8-4-15/h3-12H,2,13-14H2,1H3. The van der Waals surface area contributed by atoms with Gasteiger partial charge in [-0.1, -0.05) is 12.1 Å². The second kappa shape index (κ2) is 7.91. The van der Waals surface area contributed by atoms with E-state index in [1.54, 1.807) is 23.2 Å². The lowest BCUT2D eigenvalue weighted by Crippen LogP contribution is -2.31. The highest BCUT2D eigenvalue weighted by atomic mass is 19.1. The van der Waals surface area contributed by atoms with Crippen molar-refractivity contribution >= 4 is 5.91 Å². The van der Waals surface area contributed by atoms with Crippen molar-refractivity contribution in [2.45, 2.75) is 20.0 Å². The normalized spacial score (nSPS) is 10.7. The quantitative estimate of drug-likeness (QED) is 0.673. The Morgan fingerprint density at radius 3 is 2.27 bits per heavy atom. The van der Waals surface area contributed by atoms with E-state index in [2.05, 4.69) is 4.98 Å². The highest BCUT2D eigenvalue weighted by Gasteiger charge is 2.17. The summed E-state index contributed by atoms with van der Waals surface area (Å²) in [6.45, 7) is 3.26. The molecule has 0 aliphatic rings. The maximum absolute atomic E-state index is 13.1. The fraction of sp³-hybridized carbons (Fsp3) is 0.200. The first-order valence-corrected chi connectivity index (χ1v) is 8.36. The molecule has 1 heterocycles. The average Bonchev–Trinajstić information content (AvgIpc) is 3.08. The number of benzene rings is 2. The Bertz CT molecular complexity index is 873. The van der Waals surface area contributed by atoms with Crippen molar-refractivity contribution in [3.8, 4) is 0 Å². The van der Waals surface area contributed by atoms with Gasteiger partial charge in [0, 0.05) is 31.0 Å². The van der Waals surface area contributed by atoms with Gasteiger partial charge in [-0.25, -0.2) is 13.8 Å². The van der Waals surface area contributed by atoms with Crippen LogP contribution in [0.25, 0.3) is 0 Å². The van der Waals surface area contributed by atoms with Crippen LogP contribution in [0.2, 0.25) is 0 Å². The summed E-state index contributed by atoms with van der Waals surface area (Å²) in [6.07, 6.45) is 3.50. The molecule has 26 heavy (non-hydrogen) atoms. The van der Waals surface area contributed by atoms with Crippen LogP contribution in [0, 0.1) is 11.6 Å². The smallest absolute Gasteiger partial charge is 0.254 e. The molecule has 0 atom stereocenters. The number of halogens is 2. The molecule has 0 aliphatic carbocycles. The number of aromatic nitrogens is 2. The summed E-state index contributed by atoms with van der Waals surface area (Å²) in [7, 11) is 0. The van der Waals surface area contributed by atoms with Crippen LogP contribution in [0.4, 0.5) is 8.78 Å². The van der Waals surface area contributed by atoms with Crippen molar-refractivity contribution < 1.29 is 13.6 Å². The van der Waals surface area contributed by atoms with Gasteiger partial charge in [0.15, 0.2) is 0 Å². The number of hydrogen-bond acceptors (Lipinski definition) is 2. The number of nitrogens with zero attached hydrogens (tertiary/aromatic N) is 3. The summed E-state index contributed by atoms with van der Waals surface area (Å²) in [5, 5.41) is 0. The molecule has 0 aliphatic heterocycles. The van der Waals surface area contributed by atoms with E-state index in [9.17, 15) is 13.6 Å². The van der Waals surface area contributed by atoms with Gasteiger partial charge in [-0.2, -0.15) is 0 Å². The third-order valence-electron chi connectivity index (χ3n) is 4.16. The van der Waals surface area contributed by atoms with Crippen molar-refractivity contribution in [2.24, 2.45) is 0 Å². The van der Waals surface area contributed by atoms with Gasteiger partial charge in [0.25, 0.3) is 5.91 Å². The zero-order chi connectivity index (χ0) is 18.5. The van der Waals surface area contributed by atoms with Crippen LogP contribution in [0.5, 0.6) is 0 Å². The first kappa shape index (κ1) is 17.8. The van der Waals surface area contributed by atoms with Crippen LogP contribution in [-0.4, -0.2) is 26.9 Å². The molecule has 0 spiro atoms. The highest BCUT2D eigenvalue weighted by Crippen LogP contribution is 2.12. The fourth-order valence-electron chi connectivity index (χ4n) is 2.70. The third kappa shape index (κ3) is 4.14. The van der Waals surface area contributed by atoms with Crippen LogP contribution < -0.4 is 0 Å². The zero-order valence-electron chi connectivity index (χ0n) is 14.4. The predicted octanol–water partition coefficient (Wildman–Crippen LogP) is 3.87. The van der Waals surface area contributed by atoms with Crippen LogP contribution >= 0.6 is 0 Å². The Kier molecular flexibility index (Phi) is 5.41. The topological polar surface area (TPSA) is 38.1 Å². The lowest BCUT2D eigenvalue weighted by Gasteiger charge is -2.21. The lowest BCUT2D eigenvalue weighted by atomic mass is 10.2. The molecule has 1 amide bonds. The molecule has 0 radical (unpaired) electrons. The van der Waals surface area contributed by atoms with Crippen LogP contribution in [0.15, 0.2) is 60.9 Å². The fourth-order valence-corrected chi connectivity index (χ4v) is 2.70. The van der Waals surface area contributed by atoms with Gasteiger partial charge in [0.1, 0.15) is 17.5 Å². The number of rotatable bonds is 6. The van der Waals surface area contributed by atoms with Crippen molar-refractivity contribution in [1.29, 1.82) is 0 Å². The molecule has 0 unspecified atom stereocenters. The van der Waals surface area contributed by atoms with Gasteiger partial charge >= 0.3 is 0 Å². The number of carbonyl (C=O) groups excluding carboxylic acids is 1. The van der Waals surface area contributed by atoms with E-state index < -0.39 is 0 Å². The number of imidazole rings is 1. The van der Waals surface area contributed by atoms with E-state index in [0.29, 0.717) is 25.2 Å². The van der Waals surface area contributed by atoms with Crippen LogP contribution in [0.1, 0.15) is 28.7 Å². The number of hydrogen-bond donors (Lipinski definition) is 0. The Morgan fingerprint density at radius 1 is 1.04 bits per heavy atom. The van der Waals surface area contributed by atoms with E-state index in [-0.39, 0.29) is 17.5 Å². The summed E-state index contributed by atoms with van der Waals surface area (Å²) in [5.41, 5.74) is 1.38. The van der Waals surface area contributed by atoms with Gasteiger partial charge in [-0.05, 0) is 48.9 Å². The van der Waals surface area contributed by atoms with Crippen molar-refractivity contribution in [2.75, 3.05) is 6.54 Å². The molecule has 4 nitrogen and oxygen atoms in total. The Hall–Kier alpha value is -3.02. The summed E-state index contributed by atoms with van der Waals surface area (Å²) >= 11 is 0. The van der Waals surface area contributed by atoms with Crippen molar-refractivity contribution in [3.05, 3.63) is 89.5 Å². The molecule has 0 fully saturated rings. The van der Waals surface area contributed by atoms with Crippen molar-refractivity contribution in [1.82, 2.24) is 14.5 Å². The van der Waals surface area contributed by atoms with Gasteiger partial charge in [-0.3, -0.25) is 4.79 Å². The van der Waals surface area contributed by atoms with E-state index in [1.807, 2.05) is 17.7 Å². The molecule has 1 aromatic heterocycles. The number of amides is 1. The number of carbonyl (C=O) groups is 1. The Morgan fingerprint density at radius 2 is 1.65 bits per heavy atom. The Balaban J connectivity index is 1.74. The Labute approximate surface area is 150 Å². The molecule has 6 heteroatoms. The van der Waals surface area contributed by atoms with Crippen LogP contribution in [0.3, 0.4) is 0 Å². The molecule has 134 valence electrons. The van der Waals surface area contributed by atoms with E-state index in [0.717, 1.165) is 11.4 Å². The van der Waals surface area contributed by atoms with E-state index in [1.165, 1.54) is 36.4 Å². The molecule has 0 N–H and O–H groups in total. The van der Waals surface area contributed by atoms with Gasteiger partial charge in [0.05, 0.1) is 6.54 Å². The highest BCUT2D eigenvalue weighted by molar-refractivity contribution is 5.94. The van der Waals surface area contributed by atoms with Crippen molar-refractivity contribution in [3.63, 3.8) is 0 Å². The molecule has 0 bridgehead atoms. The average molecular weight is 355 g/mol. The summed E-state index contributed by atoms with van der Waals surface area (Å²) in [5.74, 6) is -0.100. The summed E-state index contributed by atoms with van der Waals surface area (Å²) in [6, 6.07) is 11.8. The lowest BCUT2D eigenvalue weighted by molar-refractivity contribution is 0.0747. The molecular weight excluding hydrogens is 336 g/mol. The minimum atomic E-state index is -0.376. The van der Waals surface area contributed by atoms with E-state index in [4.69, 9.17) is 0 Å². The van der Waals surface area contributed by atoms with Gasteiger partial charge in [-0.15, -0.1) is 0 Å². The maximum atomic E-state index is 13.1. The minimum Gasteiger partial charge on any atom is -0.331 e. The molecule has 0 saturated heterocycles. The maximum Gasteiger partial charge on any atom is 0.254 e. The monoisotopic (exact) mass is 355 g/mol. The van der Waals surface area contributed by atoms with Gasteiger partial charge < -0.3 is 9.47 Å². The molecule has 2 aromatic carbocycles. The predicted molar refractivity (Wildman–Crippen MR) is 94.5 cm³/mol. The molecule has 3 aromatic rings. The third-order valence-corrected chi connectivity index (χ3v) is 4.16. The largest absolute Gasteiger partial charge is 0.331 e. The molecule has 3 rings (SSSR count). The molecular formula is C20H19F2N3O.